The molecule has 1 unspecified atom stereocenters. The highest BCUT2D eigenvalue weighted by atomic mass is 19.4. The summed E-state index contributed by atoms with van der Waals surface area (Å²) < 4.78 is 43.0. The lowest BCUT2D eigenvalue weighted by atomic mass is 10.2. The van der Waals surface area contributed by atoms with Gasteiger partial charge < -0.3 is 14.7 Å². The molecule has 1 aliphatic heterocycles. The van der Waals surface area contributed by atoms with Crippen LogP contribution < -0.4 is 4.90 Å². The number of methoxy groups -OCH3 is 1. The van der Waals surface area contributed by atoms with E-state index in [1.807, 2.05) is 0 Å². The van der Waals surface area contributed by atoms with Crippen molar-refractivity contribution in [2.24, 2.45) is 0 Å². The molecule has 21 heavy (non-hydrogen) atoms. The van der Waals surface area contributed by atoms with E-state index in [2.05, 4.69) is 4.98 Å². The summed E-state index contributed by atoms with van der Waals surface area (Å²) in [7, 11) is 2.83. The number of urea groups is 1. The van der Waals surface area contributed by atoms with E-state index in [4.69, 9.17) is 4.74 Å². The van der Waals surface area contributed by atoms with Gasteiger partial charge in [-0.25, -0.2) is 14.7 Å². The molecular formula is C12H14F3N3O3. The maximum Gasteiger partial charge on any atom is 0.416 e. The minimum atomic E-state index is -4.55. The van der Waals surface area contributed by atoms with Crippen LogP contribution in [-0.4, -0.2) is 54.1 Å². The Morgan fingerprint density at radius 3 is 2.71 bits per heavy atom. The number of pyridine rings is 1. The van der Waals surface area contributed by atoms with E-state index < -0.39 is 30.0 Å². The molecule has 2 heterocycles. The average Bonchev–Trinajstić information content (AvgIpc) is 2.62. The highest BCUT2D eigenvalue weighted by molar-refractivity contribution is 5.94. The van der Waals surface area contributed by atoms with Crippen LogP contribution in [0.5, 0.6) is 0 Å². The summed E-state index contributed by atoms with van der Waals surface area (Å²) in [6.45, 7) is 0.0544. The normalized spacial score (nSPS) is 23.0. The van der Waals surface area contributed by atoms with Gasteiger partial charge in [-0.2, -0.15) is 13.2 Å². The van der Waals surface area contributed by atoms with Gasteiger partial charge in [0, 0.05) is 20.4 Å². The van der Waals surface area contributed by atoms with Gasteiger partial charge in [-0.1, -0.05) is 0 Å². The lowest BCUT2D eigenvalue weighted by Gasteiger charge is -2.21. The smallest absolute Gasteiger partial charge is 0.382 e. The molecule has 0 bridgehead atoms. The van der Waals surface area contributed by atoms with Crippen molar-refractivity contribution < 1.29 is 27.8 Å². The molecule has 1 fully saturated rings. The maximum atomic E-state index is 12.7. The number of hydrogen-bond acceptors (Lipinski definition) is 4. The molecular weight excluding hydrogens is 291 g/mol. The number of likely N-dealkylation sites (N-methyl/N-ethyl adjacent to an activating group) is 1. The first kappa shape index (κ1) is 15.5. The van der Waals surface area contributed by atoms with Crippen LogP contribution >= 0.6 is 0 Å². The highest BCUT2D eigenvalue weighted by Gasteiger charge is 2.45. The monoisotopic (exact) mass is 305 g/mol. The van der Waals surface area contributed by atoms with Gasteiger partial charge in [-0.3, -0.25) is 0 Å². The number of amides is 2. The van der Waals surface area contributed by atoms with Gasteiger partial charge >= 0.3 is 12.2 Å². The van der Waals surface area contributed by atoms with Crippen molar-refractivity contribution in [1.82, 2.24) is 9.88 Å². The number of anilines is 1. The second kappa shape index (κ2) is 5.49. The van der Waals surface area contributed by atoms with E-state index >= 15 is 0 Å². The molecule has 0 radical (unpaired) electrons. The van der Waals surface area contributed by atoms with Crippen LogP contribution in [0.4, 0.5) is 23.8 Å². The Balaban J connectivity index is 2.36. The van der Waals surface area contributed by atoms with Crippen LogP contribution in [0.2, 0.25) is 0 Å². The lowest BCUT2D eigenvalue weighted by molar-refractivity contribution is -0.137. The highest BCUT2D eigenvalue weighted by Crippen LogP contribution is 2.33. The third-order valence-electron chi connectivity index (χ3n) is 3.27. The topological polar surface area (TPSA) is 65.9 Å². The standard InChI is InChI=1S/C12H14F3N3O3/c1-17-8(6-21-2)10(19)18(11(17)20)9-5-7(3-4-16-9)12(13,14)15/h3-5,8,10,19H,6H2,1-2H3/t8-,10?/m1/s1. The van der Waals surface area contributed by atoms with Crippen LogP contribution in [0, 0.1) is 0 Å². The van der Waals surface area contributed by atoms with Gasteiger partial charge in [0.2, 0.25) is 0 Å². The Bertz CT molecular complexity index is 538. The van der Waals surface area contributed by atoms with Crippen molar-refractivity contribution >= 4 is 11.8 Å². The molecule has 0 aromatic carbocycles. The number of aliphatic hydroxyl groups is 1. The fourth-order valence-electron chi connectivity index (χ4n) is 2.13. The number of carbonyl (C=O) groups excluding carboxylic acids is 1. The molecule has 1 aromatic rings. The Morgan fingerprint density at radius 1 is 1.48 bits per heavy atom. The number of ether oxygens (including phenoxy) is 1. The van der Waals surface area contributed by atoms with Gasteiger partial charge in [-0.15, -0.1) is 0 Å². The molecule has 116 valence electrons. The van der Waals surface area contributed by atoms with E-state index in [0.29, 0.717) is 0 Å². The predicted octanol–water partition coefficient (Wildman–Crippen LogP) is 1.31. The number of rotatable bonds is 3. The van der Waals surface area contributed by atoms with Crippen LogP contribution in [0.1, 0.15) is 5.56 Å². The Hall–Kier alpha value is -1.87. The van der Waals surface area contributed by atoms with E-state index in [1.165, 1.54) is 19.1 Å². The number of alkyl halides is 3. The molecule has 9 heteroatoms. The second-order valence-corrected chi connectivity index (χ2v) is 4.60. The summed E-state index contributed by atoms with van der Waals surface area (Å²) >= 11 is 0. The average molecular weight is 305 g/mol. The van der Waals surface area contributed by atoms with Crippen molar-refractivity contribution in [3.05, 3.63) is 23.9 Å². The van der Waals surface area contributed by atoms with Gasteiger partial charge in [0.05, 0.1) is 12.2 Å². The molecule has 6 nitrogen and oxygen atoms in total. The maximum absolute atomic E-state index is 12.7. The lowest BCUT2D eigenvalue weighted by Crippen LogP contribution is -2.39. The van der Waals surface area contributed by atoms with Crippen molar-refractivity contribution in [3.63, 3.8) is 0 Å². The van der Waals surface area contributed by atoms with E-state index in [0.717, 1.165) is 23.2 Å². The summed E-state index contributed by atoms with van der Waals surface area (Å²) in [5.74, 6) is -0.257. The molecule has 1 N–H and O–H groups in total. The zero-order valence-corrected chi connectivity index (χ0v) is 11.3. The number of aromatic nitrogens is 1. The minimum Gasteiger partial charge on any atom is -0.382 e. The molecule has 2 atom stereocenters. The van der Waals surface area contributed by atoms with Gasteiger partial charge in [-0.05, 0) is 12.1 Å². The summed E-state index contributed by atoms with van der Waals surface area (Å²) in [4.78, 5) is 17.8. The third-order valence-corrected chi connectivity index (χ3v) is 3.27. The fourth-order valence-corrected chi connectivity index (χ4v) is 2.13. The molecule has 1 aromatic heterocycles. The number of carbonyl (C=O) groups is 1. The van der Waals surface area contributed by atoms with E-state index in [1.54, 1.807) is 0 Å². The molecule has 0 spiro atoms. The first-order valence-electron chi connectivity index (χ1n) is 6.03. The number of aliphatic hydroxyl groups excluding tert-OH is 1. The minimum absolute atomic E-state index is 0.0544. The first-order chi connectivity index (χ1) is 9.77. The SMILES string of the molecule is COC[C@@H]1C(O)N(c2cc(C(F)(F)F)ccn2)C(=O)N1C. The van der Waals surface area contributed by atoms with Crippen LogP contribution in [0.15, 0.2) is 18.3 Å². The van der Waals surface area contributed by atoms with Gasteiger partial charge in [0.25, 0.3) is 0 Å². The van der Waals surface area contributed by atoms with E-state index in [-0.39, 0.29) is 12.4 Å². The summed E-state index contributed by atoms with van der Waals surface area (Å²) in [6.07, 6.45) is -4.94. The Labute approximate surface area is 118 Å². The van der Waals surface area contributed by atoms with Crippen molar-refractivity contribution in [2.45, 2.75) is 18.4 Å². The summed E-state index contributed by atoms with van der Waals surface area (Å²) in [5, 5.41) is 10.1. The largest absolute Gasteiger partial charge is 0.416 e. The number of nitrogens with zero attached hydrogens (tertiary/aromatic N) is 3. The van der Waals surface area contributed by atoms with Crippen molar-refractivity contribution in [1.29, 1.82) is 0 Å². The van der Waals surface area contributed by atoms with Crippen molar-refractivity contribution in [2.75, 3.05) is 25.7 Å². The first-order valence-corrected chi connectivity index (χ1v) is 6.03. The molecule has 2 rings (SSSR count). The van der Waals surface area contributed by atoms with Crippen molar-refractivity contribution in [3.8, 4) is 0 Å². The van der Waals surface area contributed by atoms with Crippen LogP contribution in [0.25, 0.3) is 0 Å². The quantitative estimate of drug-likeness (QED) is 0.914. The third kappa shape index (κ3) is 2.79. The summed E-state index contributed by atoms with van der Waals surface area (Å²) in [6, 6.07) is 0.201. The number of halogens is 3. The zero-order valence-electron chi connectivity index (χ0n) is 11.3. The Kier molecular flexibility index (Phi) is 4.06. The van der Waals surface area contributed by atoms with Crippen LogP contribution in [0.3, 0.4) is 0 Å². The summed E-state index contributed by atoms with van der Waals surface area (Å²) in [5.41, 5.74) is -0.939. The van der Waals surface area contributed by atoms with Gasteiger partial charge in [0.15, 0.2) is 6.23 Å². The molecule has 0 aliphatic carbocycles. The van der Waals surface area contributed by atoms with Gasteiger partial charge in [0.1, 0.15) is 11.9 Å². The fraction of sp³-hybridized carbons (Fsp3) is 0.500. The number of hydrogen-bond donors (Lipinski definition) is 1. The predicted molar refractivity (Wildman–Crippen MR) is 66.5 cm³/mol. The molecule has 2 amide bonds. The Morgan fingerprint density at radius 2 is 2.14 bits per heavy atom. The van der Waals surface area contributed by atoms with Crippen LogP contribution in [-0.2, 0) is 10.9 Å². The second-order valence-electron chi connectivity index (χ2n) is 4.60. The molecule has 1 saturated heterocycles. The molecule has 1 aliphatic rings. The molecule has 0 saturated carbocycles. The van der Waals surface area contributed by atoms with E-state index in [9.17, 15) is 23.1 Å². The zero-order chi connectivity index (χ0) is 15.8.